The second kappa shape index (κ2) is 6.93. The van der Waals surface area contributed by atoms with E-state index in [0.717, 1.165) is 17.0 Å². The smallest absolute Gasteiger partial charge is 0.123 e. The third-order valence-corrected chi connectivity index (χ3v) is 3.48. The van der Waals surface area contributed by atoms with Crippen molar-refractivity contribution >= 4 is 5.71 Å². The average Bonchev–Trinajstić information content (AvgIpc) is 2.47. The number of para-hydroxylation sites is 1. The number of aryl methyl sites for hydroxylation is 2. The molecule has 110 valence electrons. The van der Waals surface area contributed by atoms with Crippen LogP contribution in [-0.4, -0.2) is 12.8 Å². The normalized spacial score (nSPS) is 11.3. The van der Waals surface area contributed by atoms with Crippen LogP contribution >= 0.6 is 0 Å². The molecule has 2 rings (SSSR count). The zero-order valence-corrected chi connectivity index (χ0v) is 13.1. The lowest BCUT2D eigenvalue weighted by atomic mass is 10.0. The van der Waals surface area contributed by atoms with Crippen LogP contribution in [0.25, 0.3) is 0 Å². The topological polar surface area (TPSA) is 33.6 Å². The third kappa shape index (κ3) is 3.85. The average molecular weight is 282 g/mol. The summed E-state index contributed by atoms with van der Waals surface area (Å²) in [6, 6.07) is 14.4. The number of rotatable bonds is 5. The maximum absolute atomic E-state index is 5.33. The van der Waals surface area contributed by atoms with Crippen LogP contribution in [0.2, 0.25) is 0 Å². The van der Waals surface area contributed by atoms with Crippen LogP contribution < -0.4 is 10.2 Å². The van der Waals surface area contributed by atoms with Crippen molar-refractivity contribution in [3.8, 4) is 5.75 Å². The van der Waals surface area contributed by atoms with E-state index in [2.05, 4.69) is 42.6 Å². The van der Waals surface area contributed by atoms with Gasteiger partial charge in [-0.2, -0.15) is 5.10 Å². The Morgan fingerprint density at radius 2 is 1.90 bits per heavy atom. The fourth-order valence-electron chi connectivity index (χ4n) is 2.37. The highest BCUT2D eigenvalue weighted by Gasteiger charge is 2.03. The van der Waals surface area contributed by atoms with Crippen LogP contribution in [0.5, 0.6) is 5.75 Å². The summed E-state index contributed by atoms with van der Waals surface area (Å²) >= 11 is 0. The quantitative estimate of drug-likeness (QED) is 0.668. The lowest BCUT2D eigenvalue weighted by molar-refractivity contribution is 0.408. The Morgan fingerprint density at radius 1 is 1.14 bits per heavy atom. The van der Waals surface area contributed by atoms with Gasteiger partial charge in [-0.25, -0.2) is 0 Å². The zero-order valence-electron chi connectivity index (χ0n) is 13.1. The Kier molecular flexibility index (Phi) is 4.99. The second-order valence-electron chi connectivity index (χ2n) is 5.16. The van der Waals surface area contributed by atoms with E-state index in [1.165, 1.54) is 16.7 Å². The van der Waals surface area contributed by atoms with Crippen LogP contribution in [0.1, 0.15) is 29.2 Å². The van der Waals surface area contributed by atoms with Gasteiger partial charge in [0.15, 0.2) is 0 Å². The van der Waals surface area contributed by atoms with Gasteiger partial charge in [0.25, 0.3) is 0 Å². The fraction of sp³-hybridized carbons (Fsp3) is 0.278. The molecule has 0 spiro atoms. The van der Waals surface area contributed by atoms with E-state index in [-0.39, 0.29) is 0 Å². The van der Waals surface area contributed by atoms with E-state index < -0.39 is 0 Å². The summed E-state index contributed by atoms with van der Waals surface area (Å²) in [5.41, 5.74) is 8.90. The summed E-state index contributed by atoms with van der Waals surface area (Å²) in [6.45, 7) is 6.88. The van der Waals surface area contributed by atoms with Gasteiger partial charge in [0.05, 0.1) is 19.4 Å². The Balaban J connectivity index is 2.07. The monoisotopic (exact) mass is 282 g/mol. The Labute approximate surface area is 126 Å². The van der Waals surface area contributed by atoms with Crippen molar-refractivity contribution in [2.45, 2.75) is 27.3 Å². The molecule has 3 nitrogen and oxygen atoms in total. The van der Waals surface area contributed by atoms with Crippen molar-refractivity contribution in [1.29, 1.82) is 0 Å². The maximum Gasteiger partial charge on any atom is 0.123 e. The van der Waals surface area contributed by atoms with Crippen molar-refractivity contribution in [3.63, 3.8) is 0 Å². The molecule has 0 amide bonds. The Hall–Kier alpha value is -2.29. The Bertz CT molecular complexity index is 647. The lowest BCUT2D eigenvalue weighted by Gasteiger charge is -2.09. The molecule has 2 aromatic rings. The molecule has 1 N–H and O–H groups in total. The largest absolute Gasteiger partial charge is 0.496 e. The molecular formula is C18H22N2O. The number of benzene rings is 2. The summed E-state index contributed by atoms with van der Waals surface area (Å²) in [5, 5.41) is 4.47. The molecule has 0 atom stereocenters. The van der Waals surface area contributed by atoms with Crippen molar-refractivity contribution in [3.05, 3.63) is 64.7 Å². The molecule has 0 fully saturated rings. The van der Waals surface area contributed by atoms with Crippen molar-refractivity contribution < 1.29 is 4.74 Å². The van der Waals surface area contributed by atoms with Gasteiger partial charge < -0.3 is 10.2 Å². The predicted molar refractivity (Wildman–Crippen MR) is 88.0 cm³/mol. The van der Waals surface area contributed by atoms with Crippen LogP contribution in [0, 0.1) is 13.8 Å². The first kappa shape index (κ1) is 15.1. The highest BCUT2D eigenvalue weighted by molar-refractivity contribution is 5.99. The molecule has 0 aliphatic heterocycles. The number of hydrogen-bond donors (Lipinski definition) is 1. The minimum Gasteiger partial charge on any atom is -0.496 e. The predicted octanol–water partition coefficient (Wildman–Crippen LogP) is 3.83. The molecule has 0 radical (unpaired) electrons. The van der Waals surface area contributed by atoms with Crippen molar-refractivity contribution in [2.24, 2.45) is 5.10 Å². The fourth-order valence-corrected chi connectivity index (χ4v) is 2.37. The van der Waals surface area contributed by atoms with Crippen molar-refractivity contribution in [2.75, 3.05) is 7.11 Å². The van der Waals surface area contributed by atoms with E-state index in [1.807, 2.05) is 31.2 Å². The van der Waals surface area contributed by atoms with Crippen LogP contribution in [-0.2, 0) is 6.54 Å². The summed E-state index contributed by atoms with van der Waals surface area (Å²) in [4.78, 5) is 0. The molecule has 21 heavy (non-hydrogen) atoms. The summed E-state index contributed by atoms with van der Waals surface area (Å²) < 4.78 is 5.33. The van der Waals surface area contributed by atoms with Gasteiger partial charge in [0.2, 0.25) is 0 Å². The van der Waals surface area contributed by atoms with E-state index in [9.17, 15) is 0 Å². The van der Waals surface area contributed by atoms with Crippen molar-refractivity contribution in [1.82, 2.24) is 5.43 Å². The van der Waals surface area contributed by atoms with Crippen LogP contribution in [0.3, 0.4) is 0 Å². The first-order chi connectivity index (χ1) is 10.1. The number of hydrogen-bond acceptors (Lipinski definition) is 3. The van der Waals surface area contributed by atoms with E-state index in [0.29, 0.717) is 6.54 Å². The molecule has 0 saturated heterocycles. The summed E-state index contributed by atoms with van der Waals surface area (Å²) in [7, 11) is 1.68. The summed E-state index contributed by atoms with van der Waals surface area (Å²) in [6.07, 6.45) is 0. The molecular weight excluding hydrogens is 260 g/mol. The van der Waals surface area contributed by atoms with E-state index in [1.54, 1.807) is 7.11 Å². The van der Waals surface area contributed by atoms with Gasteiger partial charge >= 0.3 is 0 Å². The summed E-state index contributed by atoms with van der Waals surface area (Å²) in [5.74, 6) is 0.879. The molecule has 0 unspecified atom stereocenters. The highest BCUT2D eigenvalue weighted by Crippen LogP contribution is 2.17. The van der Waals surface area contributed by atoms with Gasteiger partial charge in [0.1, 0.15) is 5.75 Å². The van der Waals surface area contributed by atoms with Crippen LogP contribution in [0.15, 0.2) is 47.6 Å². The molecule has 0 aliphatic rings. The SMILES string of the molecule is COc1ccccc1CN/N=C(\C)c1ccc(C)cc1C. The number of nitrogens with one attached hydrogen (secondary N) is 1. The minimum atomic E-state index is 0.645. The highest BCUT2D eigenvalue weighted by atomic mass is 16.5. The van der Waals surface area contributed by atoms with Gasteiger partial charge in [-0.15, -0.1) is 0 Å². The molecule has 0 heterocycles. The molecule has 3 heteroatoms. The lowest BCUT2D eigenvalue weighted by Crippen LogP contribution is -2.11. The molecule has 2 aromatic carbocycles. The van der Waals surface area contributed by atoms with Gasteiger partial charge in [-0.1, -0.05) is 42.0 Å². The first-order valence-electron chi connectivity index (χ1n) is 7.08. The number of methoxy groups -OCH3 is 1. The standard InChI is InChI=1S/C18H22N2O/c1-13-9-10-17(14(2)11-13)15(3)20-19-12-16-7-5-6-8-18(16)21-4/h5-11,19H,12H2,1-4H3/b20-15+. The zero-order chi connectivity index (χ0) is 15.2. The van der Waals surface area contributed by atoms with Gasteiger partial charge in [-0.05, 0) is 32.4 Å². The second-order valence-corrected chi connectivity index (χ2v) is 5.16. The molecule has 0 aromatic heterocycles. The van der Waals surface area contributed by atoms with Crippen LogP contribution in [0.4, 0.5) is 0 Å². The molecule has 0 bridgehead atoms. The number of ether oxygens (including phenoxy) is 1. The molecule has 0 saturated carbocycles. The molecule has 0 aliphatic carbocycles. The third-order valence-electron chi connectivity index (χ3n) is 3.48. The number of hydrazone groups is 1. The van der Waals surface area contributed by atoms with Gasteiger partial charge in [-0.3, -0.25) is 0 Å². The Morgan fingerprint density at radius 3 is 2.62 bits per heavy atom. The van der Waals surface area contributed by atoms with E-state index >= 15 is 0 Å². The number of nitrogens with zero attached hydrogens (tertiary/aromatic N) is 1. The minimum absolute atomic E-state index is 0.645. The van der Waals surface area contributed by atoms with Gasteiger partial charge in [0, 0.05) is 11.1 Å². The maximum atomic E-state index is 5.33. The first-order valence-corrected chi connectivity index (χ1v) is 7.08. The van der Waals surface area contributed by atoms with E-state index in [4.69, 9.17) is 4.74 Å².